The number of carbonyl (C=O) groups excluding carboxylic acids is 1. The van der Waals surface area contributed by atoms with Crippen molar-refractivity contribution >= 4 is 17.6 Å². The van der Waals surface area contributed by atoms with Gasteiger partial charge in [-0.25, -0.2) is 4.79 Å². The first-order valence-electron chi connectivity index (χ1n) is 7.84. The number of nitrogens with zero attached hydrogens (tertiary/aromatic N) is 1. The van der Waals surface area contributed by atoms with Crippen LogP contribution in [0, 0.1) is 0 Å². The van der Waals surface area contributed by atoms with Crippen LogP contribution < -0.4 is 5.32 Å². The normalized spacial score (nSPS) is 11.8. The van der Waals surface area contributed by atoms with Crippen LogP contribution in [0.4, 0.5) is 4.79 Å². The molecule has 0 bridgehead atoms. The molecular formula is C19H23ClN2O. The van der Waals surface area contributed by atoms with Crippen LogP contribution in [-0.4, -0.2) is 18.0 Å². The van der Waals surface area contributed by atoms with Crippen molar-refractivity contribution < 1.29 is 4.79 Å². The molecule has 1 atom stereocenters. The second-order valence-electron chi connectivity index (χ2n) is 5.75. The van der Waals surface area contributed by atoms with Crippen molar-refractivity contribution in [1.82, 2.24) is 10.2 Å². The summed E-state index contributed by atoms with van der Waals surface area (Å²) in [7, 11) is 1.78. The van der Waals surface area contributed by atoms with Gasteiger partial charge in [0.2, 0.25) is 0 Å². The van der Waals surface area contributed by atoms with Crippen LogP contribution >= 0.6 is 11.6 Å². The number of nitrogens with one attached hydrogen (secondary N) is 1. The molecule has 0 aliphatic rings. The van der Waals surface area contributed by atoms with Gasteiger partial charge in [0.1, 0.15) is 0 Å². The Kier molecular flexibility index (Phi) is 6.05. The zero-order valence-electron chi connectivity index (χ0n) is 13.8. The molecule has 2 aromatic rings. The van der Waals surface area contributed by atoms with Crippen LogP contribution in [0.3, 0.4) is 0 Å². The van der Waals surface area contributed by atoms with E-state index >= 15 is 0 Å². The van der Waals surface area contributed by atoms with Gasteiger partial charge in [-0.05, 0) is 42.2 Å². The Balaban J connectivity index is 1.94. The SMILES string of the molecule is CCc1ccc(C(C)NC(=O)N(C)Cc2cccc(Cl)c2)cc1. The van der Waals surface area contributed by atoms with Crippen LogP contribution in [-0.2, 0) is 13.0 Å². The summed E-state index contributed by atoms with van der Waals surface area (Å²) in [5.41, 5.74) is 3.41. The molecule has 3 nitrogen and oxygen atoms in total. The lowest BCUT2D eigenvalue weighted by atomic mass is 10.1. The molecule has 122 valence electrons. The average molecular weight is 331 g/mol. The average Bonchev–Trinajstić information content (AvgIpc) is 2.54. The number of urea groups is 1. The molecule has 2 rings (SSSR count). The maximum absolute atomic E-state index is 12.3. The van der Waals surface area contributed by atoms with Gasteiger partial charge >= 0.3 is 6.03 Å². The predicted molar refractivity (Wildman–Crippen MR) is 95.7 cm³/mol. The van der Waals surface area contributed by atoms with Gasteiger partial charge in [0.25, 0.3) is 0 Å². The summed E-state index contributed by atoms with van der Waals surface area (Å²) < 4.78 is 0. The molecule has 23 heavy (non-hydrogen) atoms. The number of hydrogen-bond acceptors (Lipinski definition) is 1. The van der Waals surface area contributed by atoms with Crippen LogP contribution in [0.15, 0.2) is 48.5 Å². The highest BCUT2D eigenvalue weighted by molar-refractivity contribution is 6.30. The Labute approximate surface area is 143 Å². The van der Waals surface area contributed by atoms with E-state index in [1.165, 1.54) is 5.56 Å². The van der Waals surface area contributed by atoms with Gasteiger partial charge in [0.15, 0.2) is 0 Å². The highest BCUT2D eigenvalue weighted by atomic mass is 35.5. The van der Waals surface area contributed by atoms with Crippen molar-refractivity contribution in [3.63, 3.8) is 0 Å². The van der Waals surface area contributed by atoms with E-state index in [0.29, 0.717) is 11.6 Å². The maximum Gasteiger partial charge on any atom is 0.317 e. The number of aryl methyl sites for hydroxylation is 1. The van der Waals surface area contributed by atoms with E-state index in [4.69, 9.17) is 11.6 Å². The lowest BCUT2D eigenvalue weighted by Crippen LogP contribution is -2.38. The van der Waals surface area contributed by atoms with Gasteiger partial charge in [-0.15, -0.1) is 0 Å². The van der Waals surface area contributed by atoms with Crippen molar-refractivity contribution in [2.24, 2.45) is 0 Å². The molecule has 0 aliphatic heterocycles. The van der Waals surface area contributed by atoms with Crippen LogP contribution in [0.25, 0.3) is 0 Å². The zero-order valence-corrected chi connectivity index (χ0v) is 14.6. The fourth-order valence-electron chi connectivity index (χ4n) is 2.40. The van der Waals surface area contributed by atoms with Gasteiger partial charge in [0, 0.05) is 18.6 Å². The molecular weight excluding hydrogens is 308 g/mol. The Morgan fingerprint density at radius 3 is 2.48 bits per heavy atom. The molecule has 2 amide bonds. The lowest BCUT2D eigenvalue weighted by Gasteiger charge is -2.22. The molecule has 0 aliphatic carbocycles. The van der Waals surface area contributed by atoms with Crippen molar-refractivity contribution in [3.05, 3.63) is 70.2 Å². The number of rotatable bonds is 5. The first kappa shape index (κ1) is 17.4. The monoisotopic (exact) mass is 330 g/mol. The molecule has 0 saturated carbocycles. The molecule has 0 aromatic heterocycles. The van der Waals surface area contributed by atoms with Gasteiger partial charge in [-0.1, -0.05) is 54.9 Å². The number of amides is 2. The first-order chi connectivity index (χ1) is 11.0. The summed E-state index contributed by atoms with van der Waals surface area (Å²) in [6.07, 6.45) is 1.02. The van der Waals surface area contributed by atoms with Crippen molar-refractivity contribution in [3.8, 4) is 0 Å². The smallest absolute Gasteiger partial charge is 0.317 e. The molecule has 0 fully saturated rings. The summed E-state index contributed by atoms with van der Waals surface area (Å²) in [5.74, 6) is 0. The first-order valence-corrected chi connectivity index (χ1v) is 8.22. The Morgan fingerprint density at radius 2 is 1.87 bits per heavy atom. The molecule has 2 aromatic carbocycles. The van der Waals surface area contributed by atoms with Crippen molar-refractivity contribution in [2.75, 3.05) is 7.05 Å². The number of carbonyl (C=O) groups is 1. The summed E-state index contributed by atoms with van der Waals surface area (Å²) in [5, 5.41) is 3.70. The second-order valence-corrected chi connectivity index (χ2v) is 6.19. The van der Waals surface area contributed by atoms with E-state index in [-0.39, 0.29) is 12.1 Å². The van der Waals surface area contributed by atoms with E-state index in [1.54, 1.807) is 11.9 Å². The molecule has 1 N–H and O–H groups in total. The fraction of sp³-hybridized carbons (Fsp3) is 0.316. The van der Waals surface area contributed by atoms with Gasteiger partial charge in [0.05, 0.1) is 6.04 Å². The summed E-state index contributed by atoms with van der Waals surface area (Å²) >= 11 is 5.98. The van der Waals surface area contributed by atoms with Crippen molar-refractivity contribution in [2.45, 2.75) is 32.9 Å². The third-order valence-electron chi connectivity index (χ3n) is 3.88. The standard InChI is InChI=1S/C19H23ClN2O/c1-4-15-8-10-17(11-9-15)14(2)21-19(23)22(3)13-16-6-5-7-18(20)12-16/h5-12,14H,4,13H2,1-3H3,(H,21,23). The minimum absolute atomic E-state index is 0.0322. The largest absolute Gasteiger partial charge is 0.331 e. The quantitative estimate of drug-likeness (QED) is 0.838. The zero-order chi connectivity index (χ0) is 16.8. The third kappa shape index (κ3) is 5.00. The Morgan fingerprint density at radius 1 is 1.17 bits per heavy atom. The second kappa shape index (κ2) is 8.02. The highest BCUT2D eigenvalue weighted by Gasteiger charge is 2.13. The predicted octanol–water partition coefficient (Wildman–Crippen LogP) is 4.81. The molecule has 0 heterocycles. The van der Waals surface area contributed by atoms with E-state index in [0.717, 1.165) is 17.5 Å². The molecule has 4 heteroatoms. The van der Waals surface area contributed by atoms with Gasteiger partial charge < -0.3 is 10.2 Å². The van der Waals surface area contributed by atoms with Crippen LogP contribution in [0.2, 0.25) is 5.02 Å². The van der Waals surface area contributed by atoms with Crippen molar-refractivity contribution in [1.29, 1.82) is 0 Å². The van der Waals surface area contributed by atoms with Crippen LogP contribution in [0.5, 0.6) is 0 Å². The van der Waals surface area contributed by atoms with Gasteiger partial charge in [-0.3, -0.25) is 0 Å². The van der Waals surface area contributed by atoms with Gasteiger partial charge in [-0.2, -0.15) is 0 Å². The fourth-order valence-corrected chi connectivity index (χ4v) is 2.61. The molecule has 0 radical (unpaired) electrons. The topological polar surface area (TPSA) is 32.3 Å². The Bertz CT molecular complexity index is 655. The highest BCUT2D eigenvalue weighted by Crippen LogP contribution is 2.15. The summed E-state index contributed by atoms with van der Waals surface area (Å²) in [6, 6.07) is 15.8. The molecule has 0 spiro atoms. The van der Waals surface area contributed by atoms with E-state index in [9.17, 15) is 4.79 Å². The minimum atomic E-state index is -0.1000. The van der Waals surface area contributed by atoms with E-state index in [1.807, 2.05) is 31.2 Å². The van der Waals surface area contributed by atoms with E-state index < -0.39 is 0 Å². The lowest BCUT2D eigenvalue weighted by molar-refractivity contribution is 0.203. The summed E-state index contributed by atoms with van der Waals surface area (Å²) in [4.78, 5) is 14.0. The number of halogens is 1. The minimum Gasteiger partial charge on any atom is -0.331 e. The summed E-state index contributed by atoms with van der Waals surface area (Å²) in [6.45, 7) is 4.64. The van der Waals surface area contributed by atoms with Crippen LogP contribution in [0.1, 0.15) is 36.6 Å². The number of benzene rings is 2. The maximum atomic E-state index is 12.3. The molecule has 0 saturated heterocycles. The third-order valence-corrected chi connectivity index (χ3v) is 4.12. The molecule has 1 unspecified atom stereocenters. The van der Waals surface area contributed by atoms with E-state index in [2.05, 4.69) is 36.5 Å². The Hall–Kier alpha value is -2.00. The number of hydrogen-bond donors (Lipinski definition) is 1.